The topological polar surface area (TPSA) is 80.4 Å². The molecule has 0 radical (unpaired) electrons. The molecule has 0 bridgehead atoms. The van der Waals surface area contributed by atoms with Gasteiger partial charge in [-0.1, -0.05) is 41.9 Å². The van der Waals surface area contributed by atoms with E-state index in [1.54, 1.807) is 24.3 Å². The Kier molecular flexibility index (Phi) is 4.55. The second-order valence-corrected chi connectivity index (χ2v) is 4.94. The van der Waals surface area contributed by atoms with E-state index in [0.717, 1.165) is 5.56 Å². The van der Waals surface area contributed by atoms with Gasteiger partial charge in [0.05, 0.1) is 10.8 Å². The van der Waals surface area contributed by atoms with Crippen LogP contribution in [0.3, 0.4) is 0 Å². The minimum atomic E-state index is -0.997. The van der Waals surface area contributed by atoms with Crippen LogP contribution in [0.1, 0.15) is 17.0 Å². The maximum absolute atomic E-state index is 11.5. The summed E-state index contributed by atoms with van der Waals surface area (Å²) in [6.07, 6.45) is 0.229. The third-order valence-corrected chi connectivity index (χ3v) is 3.55. The van der Waals surface area contributed by atoms with Crippen molar-refractivity contribution in [3.63, 3.8) is 0 Å². The van der Waals surface area contributed by atoms with Crippen molar-refractivity contribution in [1.29, 1.82) is 0 Å². The molecule has 108 valence electrons. The molecular weight excluding hydrogens is 294 g/mol. The Labute approximate surface area is 125 Å². The molecular formula is C15H12ClNO4. The van der Waals surface area contributed by atoms with Gasteiger partial charge in [0, 0.05) is 17.2 Å². The summed E-state index contributed by atoms with van der Waals surface area (Å²) in [7, 11) is 0. The zero-order valence-electron chi connectivity index (χ0n) is 10.9. The second-order valence-electron chi connectivity index (χ2n) is 4.53. The molecule has 0 aliphatic heterocycles. The molecule has 2 rings (SSSR count). The molecule has 6 heteroatoms. The third-order valence-electron chi connectivity index (χ3n) is 3.19. The first-order valence-corrected chi connectivity index (χ1v) is 6.57. The van der Waals surface area contributed by atoms with Crippen LogP contribution in [0.5, 0.6) is 0 Å². The van der Waals surface area contributed by atoms with E-state index in [2.05, 4.69) is 0 Å². The van der Waals surface area contributed by atoms with Gasteiger partial charge in [-0.3, -0.25) is 14.9 Å². The lowest BCUT2D eigenvalue weighted by Gasteiger charge is -2.13. The summed E-state index contributed by atoms with van der Waals surface area (Å²) in [6.45, 7) is 0. The quantitative estimate of drug-likeness (QED) is 0.675. The van der Waals surface area contributed by atoms with Crippen LogP contribution in [-0.4, -0.2) is 16.0 Å². The molecule has 1 atom stereocenters. The molecule has 0 amide bonds. The Bertz CT molecular complexity index is 670. The number of carboxylic acid groups (broad SMARTS) is 1. The van der Waals surface area contributed by atoms with Crippen LogP contribution in [0.25, 0.3) is 0 Å². The lowest BCUT2D eigenvalue weighted by atomic mass is 9.92. The maximum atomic E-state index is 11.5. The summed E-state index contributed by atoms with van der Waals surface area (Å²) in [4.78, 5) is 21.6. The van der Waals surface area contributed by atoms with Crippen LogP contribution in [-0.2, 0) is 11.2 Å². The number of benzene rings is 2. The number of nitrogens with zero attached hydrogens (tertiary/aromatic N) is 1. The van der Waals surface area contributed by atoms with Gasteiger partial charge in [0.1, 0.15) is 0 Å². The highest BCUT2D eigenvalue weighted by molar-refractivity contribution is 6.31. The SMILES string of the molecule is O=C(O)C(Cc1ccccc1Cl)c1ccc([N+](=O)[O-])cc1. The second kappa shape index (κ2) is 6.37. The Morgan fingerprint density at radius 1 is 1.19 bits per heavy atom. The van der Waals surface area contributed by atoms with E-state index in [1.807, 2.05) is 0 Å². The number of carbonyl (C=O) groups is 1. The summed E-state index contributed by atoms with van der Waals surface area (Å²) in [5.74, 6) is -1.80. The Morgan fingerprint density at radius 3 is 2.33 bits per heavy atom. The minimum absolute atomic E-state index is 0.0689. The maximum Gasteiger partial charge on any atom is 0.311 e. The Balaban J connectivity index is 2.29. The zero-order chi connectivity index (χ0) is 15.4. The van der Waals surface area contributed by atoms with Gasteiger partial charge in [0.15, 0.2) is 0 Å². The number of rotatable bonds is 5. The fourth-order valence-electron chi connectivity index (χ4n) is 2.06. The van der Waals surface area contributed by atoms with Crippen molar-refractivity contribution < 1.29 is 14.8 Å². The van der Waals surface area contributed by atoms with Gasteiger partial charge in [0.25, 0.3) is 5.69 Å². The molecule has 0 spiro atoms. The summed E-state index contributed by atoms with van der Waals surface area (Å²) in [6, 6.07) is 12.6. The number of nitro groups is 1. The first kappa shape index (κ1) is 15.0. The van der Waals surface area contributed by atoms with Crippen LogP contribution in [0, 0.1) is 10.1 Å². The molecule has 0 heterocycles. The van der Waals surface area contributed by atoms with E-state index < -0.39 is 16.8 Å². The van der Waals surface area contributed by atoms with Crippen molar-refractivity contribution in [1.82, 2.24) is 0 Å². The molecule has 0 aromatic heterocycles. The van der Waals surface area contributed by atoms with Gasteiger partial charge in [-0.2, -0.15) is 0 Å². The highest BCUT2D eigenvalue weighted by atomic mass is 35.5. The smallest absolute Gasteiger partial charge is 0.311 e. The third kappa shape index (κ3) is 3.58. The molecule has 0 saturated carbocycles. The van der Waals surface area contributed by atoms with Crippen molar-refractivity contribution in [2.75, 3.05) is 0 Å². The lowest BCUT2D eigenvalue weighted by Crippen LogP contribution is -2.14. The fourth-order valence-corrected chi connectivity index (χ4v) is 2.27. The van der Waals surface area contributed by atoms with Crippen LogP contribution >= 0.6 is 11.6 Å². The zero-order valence-corrected chi connectivity index (χ0v) is 11.7. The summed E-state index contributed by atoms with van der Waals surface area (Å²) < 4.78 is 0. The average Bonchev–Trinajstić information content (AvgIpc) is 2.46. The number of non-ortho nitro benzene ring substituents is 1. The van der Waals surface area contributed by atoms with Crippen LogP contribution in [0.4, 0.5) is 5.69 Å². The van der Waals surface area contributed by atoms with Crippen LogP contribution in [0.15, 0.2) is 48.5 Å². The summed E-state index contributed by atoms with van der Waals surface area (Å²) in [5, 5.41) is 20.5. The highest BCUT2D eigenvalue weighted by Gasteiger charge is 2.22. The molecule has 0 saturated heterocycles. The van der Waals surface area contributed by atoms with E-state index in [0.29, 0.717) is 10.6 Å². The number of hydrogen-bond donors (Lipinski definition) is 1. The molecule has 0 aliphatic carbocycles. The van der Waals surface area contributed by atoms with E-state index in [-0.39, 0.29) is 12.1 Å². The van der Waals surface area contributed by atoms with Crippen molar-refractivity contribution in [3.8, 4) is 0 Å². The number of hydrogen-bond acceptors (Lipinski definition) is 3. The molecule has 0 fully saturated rings. The standard InChI is InChI=1S/C15H12ClNO4/c16-14-4-2-1-3-11(14)9-13(15(18)19)10-5-7-12(8-6-10)17(20)21/h1-8,13H,9H2,(H,18,19). The van der Waals surface area contributed by atoms with Gasteiger partial charge >= 0.3 is 5.97 Å². The molecule has 0 aliphatic rings. The molecule has 1 N–H and O–H groups in total. The Hall–Kier alpha value is -2.40. The van der Waals surface area contributed by atoms with Crippen LogP contribution < -0.4 is 0 Å². The fraction of sp³-hybridized carbons (Fsp3) is 0.133. The van der Waals surface area contributed by atoms with Gasteiger partial charge in [-0.15, -0.1) is 0 Å². The first-order valence-electron chi connectivity index (χ1n) is 6.19. The Morgan fingerprint density at radius 2 is 1.81 bits per heavy atom. The van der Waals surface area contributed by atoms with E-state index >= 15 is 0 Å². The number of carboxylic acids is 1. The first-order chi connectivity index (χ1) is 9.99. The van der Waals surface area contributed by atoms with Gasteiger partial charge in [-0.05, 0) is 23.6 Å². The van der Waals surface area contributed by atoms with E-state index in [1.165, 1.54) is 24.3 Å². The molecule has 5 nitrogen and oxygen atoms in total. The van der Waals surface area contributed by atoms with E-state index in [9.17, 15) is 20.0 Å². The average molecular weight is 306 g/mol. The predicted molar refractivity (Wildman–Crippen MR) is 78.6 cm³/mol. The lowest BCUT2D eigenvalue weighted by molar-refractivity contribution is -0.384. The van der Waals surface area contributed by atoms with Crippen molar-refractivity contribution in [3.05, 3.63) is 74.8 Å². The minimum Gasteiger partial charge on any atom is -0.481 e. The van der Waals surface area contributed by atoms with Crippen LogP contribution in [0.2, 0.25) is 5.02 Å². The van der Waals surface area contributed by atoms with Crippen molar-refractivity contribution >= 4 is 23.3 Å². The number of nitro benzene ring substituents is 1. The highest BCUT2D eigenvalue weighted by Crippen LogP contribution is 2.26. The predicted octanol–water partition coefficient (Wildman–Crippen LogP) is 3.66. The van der Waals surface area contributed by atoms with Gasteiger partial charge < -0.3 is 5.11 Å². The summed E-state index contributed by atoms with van der Waals surface area (Å²) >= 11 is 6.05. The molecule has 1 unspecified atom stereocenters. The van der Waals surface area contributed by atoms with Crippen molar-refractivity contribution in [2.45, 2.75) is 12.3 Å². The normalized spacial score (nSPS) is 11.9. The van der Waals surface area contributed by atoms with Crippen molar-refractivity contribution in [2.24, 2.45) is 0 Å². The van der Waals surface area contributed by atoms with Gasteiger partial charge in [-0.25, -0.2) is 0 Å². The monoisotopic (exact) mass is 305 g/mol. The summed E-state index contributed by atoms with van der Waals surface area (Å²) in [5.41, 5.74) is 1.17. The largest absolute Gasteiger partial charge is 0.481 e. The molecule has 2 aromatic carbocycles. The van der Waals surface area contributed by atoms with E-state index in [4.69, 9.17) is 11.6 Å². The molecule has 2 aromatic rings. The van der Waals surface area contributed by atoms with Gasteiger partial charge in [0.2, 0.25) is 0 Å². The molecule has 21 heavy (non-hydrogen) atoms. The number of aliphatic carboxylic acids is 1. The number of halogens is 1.